The van der Waals surface area contributed by atoms with Gasteiger partial charge in [-0.15, -0.1) is 0 Å². The van der Waals surface area contributed by atoms with Crippen LogP contribution in [0, 0.1) is 5.82 Å². The molecule has 0 spiro atoms. The summed E-state index contributed by atoms with van der Waals surface area (Å²) in [7, 11) is -1.59. The predicted molar refractivity (Wildman–Crippen MR) is 93.3 cm³/mol. The van der Waals surface area contributed by atoms with E-state index in [1.165, 1.54) is 6.07 Å². The Bertz CT molecular complexity index is 637. The Morgan fingerprint density at radius 3 is 2.62 bits per heavy atom. The third-order valence-corrected chi connectivity index (χ3v) is 4.47. The van der Waals surface area contributed by atoms with Crippen LogP contribution in [0.5, 0.6) is 5.75 Å². The third-order valence-electron chi connectivity index (χ3n) is 3.06. The number of halogens is 1. The molecule has 1 rings (SSSR count). The minimum absolute atomic E-state index is 0.0465. The molecule has 0 bridgehead atoms. The second-order valence-corrected chi connectivity index (χ2v) is 7.13. The maximum Gasteiger partial charge on any atom is 0.211 e. The summed E-state index contributed by atoms with van der Waals surface area (Å²) in [6, 6.07) is 6.21. The zero-order chi connectivity index (χ0) is 18.0. The van der Waals surface area contributed by atoms with E-state index in [2.05, 4.69) is 20.3 Å². The molecule has 0 aliphatic carbocycles. The van der Waals surface area contributed by atoms with E-state index in [4.69, 9.17) is 4.74 Å². The Labute approximate surface area is 142 Å². The second kappa shape index (κ2) is 10.1. The summed E-state index contributed by atoms with van der Waals surface area (Å²) < 4.78 is 44.1. The van der Waals surface area contributed by atoms with Crippen LogP contribution < -0.4 is 20.1 Å². The standard InChI is InChI=1S/C15H25FN4O3S/c1-4-24(21,22)20-10-9-18-15(17-3)19-11-12(2)23-14-8-6-5-7-13(14)16/h5-8,12,20H,4,9-11H2,1-3H3,(H2,17,18,19). The van der Waals surface area contributed by atoms with Crippen molar-refractivity contribution in [1.29, 1.82) is 0 Å². The Hall–Kier alpha value is -1.87. The van der Waals surface area contributed by atoms with Gasteiger partial charge in [-0.1, -0.05) is 12.1 Å². The average Bonchev–Trinajstić information content (AvgIpc) is 2.56. The predicted octanol–water partition coefficient (Wildman–Crippen LogP) is 0.697. The summed E-state index contributed by atoms with van der Waals surface area (Å²) in [6.45, 7) is 4.45. The van der Waals surface area contributed by atoms with Crippen LogP contribution in [0.3, 0.4) is 0 Å². The van der Waals surface area contributed by atoms with Gasteiger partial charge in [0.15, 0.2) is 17.5 Å². The Morgan fingerprint density at radius 2 is 2.00 bits per heavy atom. The van der Waals surface area contributed by atoms with Crippen molar-refractivity contribution in [2.45, 2.75) is 20.0 Å². The fraction of sp³-hybridized carbons (Fsp3) is 0.533. The molecule has 7 nitrogen and oxygen atoms in total. The number of rotatable bonds is 9. The van der Waals surface area contributed by atoms with E-state index in [0.29, 0.717) is 19.0 Å². The van der Waals surface area contributed by atoms with Gasteiger partial charge in [0.05, 0.1) is 12.3 Å². The number of guanidine groups is 1. The van der Waals surface area contributed by atoms with E-state index in [9.17, 15) is 12.8 Å². The molecule has 0 amide bonds. The van der Waals surface area contributed by atoms with Crippen LogP contribution in [-0.2, 0) is 10.0 Å². The molecule has 0 fully saturated rings. The third kappa shape index (κ3) is 7.60. The van der Waals surface area contributed by atoms with Crippen LogP contribution in [0.1, 0.15) is 13.8 Å². The quantitative estimate of drug-likeness (QED) is 0.342. The topological polar surface area (TPSA) is 91.8 Å². The molecule has 9 heteroatoms. The van der Waals surface area contributed by atoms with Crippen molar-refractivity contribution in [2.24, 2.45) is 4.99 Å². The molecule has 24 heavy (non-hydrogen) atoms. The number of nitrogens with one attached hydrogen (secondary N) is 3. The molecule has 3 N–H and O–H groups in total. The average molecular weight is 360 g/mol. The van der Waals surface area contributed by atoms with Crippen molar-refractivity contribution < 1.29 is 17.5 Å². The molecule has 1 aromatic carbocycles. The Kier molecular flexibility index (Phi) is 8.48. The van der Waals surface area contributed by atoms with Crippen LogP contribution in [0.25, 0.3) is 0 Å². The molecule has 136 valence electrons. The second-order valence-electron chi connectivity index (χ2n) is 5.04. The van der Waals surface area contributed by atoms with Gasteiger partial charge in [-0.2, -0.15) is 0 Å². The monoisotopic (exact) mass is 360 g/mol. The first kappa shape index (κ1) is 20.2. The van der Waals surface area contributed by atoms with Gasteiger partial charge >= 0.3 is 0 Å². The highest BCUT2D eigenvalue weighted by Gasteiger charge is 2.09. The Balaban J connectivity index is 2.32. The van der Waals surface area contributed by atoms with Crippen molar-refractivity contribution in [3.8, 4) is 5.75 Å². The molecule has 0 aliphatic rings. The number of hydrogen-bond acceptors (Lipinski definition) is 4. The number of sulfonamides is 1. The number of ether oxygens (including phenoxy) is 1. The molecule has 0 radical (unpaired) electrons. The van der Waals surface area contributed by atoms with Crippen molar-refractivity contribution in [3.05, 3.63) is 30.1 Å². The van der Waals surface area contributed by atoms with Crippen LogP contribution in [0.15, 0.2) is 29.3 Å². The van der Waals surface area contributed by atoms with E-state index in [-0.39, 0.29) is 24.2 Å². The van der Waals surface area contributed by atoms with Crippen LogP contribution >= 0.6 is 0 Å². The summed E-state index contributed by atoms with van der Waals surface area (Å²) in [5, 5.41) is 6.01. The summed E-state index contributed by atoms with van der Waals surface area (Å²) in [6.07, 6.45) is -0.279. The minimum Gasteiger partial charge on any atom is -0.486 e. The number of para-hydroxylation sites is 1. The van der Waals surface area contributed by atoms with Crippen LogP contribution in [-0.4, -0.2) is 52.9 Å². The van der Waals surface area contributed by atoms with E-state index < -0.39 is 15.8 Å². The zero-order valence-corrected chi connectivity index (χ0v) is 15.0. The smallest absolute Gasteiger partial charge is 0.211 e. The van der Waals surface area contributed by atoms with Crippen molar-refractivity contribution >= 4 is 16.0 Å². The number of hydrogen-bond donors (Lipinski definition) is 3. The van der Waals surface area contributed by atoms with Gasteiger partial charge in [0.2, 0.25) is 10.0 Å². The lowest BCUT2D eigenvalue weighted by atomic mass is 10.3. The maximum atomic E-state index is 13.5. The molecular formula is C15H25FN4O3S. The molecule has 1 unspecified atom stereocenters. The number of benzene rings is 1. The van der Waals surface area contributed by atoms with Gasteiger partial charge in [-0.25, -0.2) is 17.5 Å². The first-order chi connectivity index (χ1) is 11.4. The lowest BCUT2D eigenvalue weighted by molar-refractivity contribution is 0.214. The zero-order valence-electron chi connectivity index (χ0n) is 14.2. The molecular weight excluding hydrogens is 335 g/mol. The van der Waals surface area contributed by atoms with Crippen molar-refractivity contribution in [1.82, 2.24) is 15.4 Å². The molecule has 0 heterocycles. The molecule has 0 saturated carbocycles. The summed E-state index contributed by atoms with van der Waals surface area (Å²) in [4.78, 5) is 4.03. The van der Waals surface area contributed by atoms with Gasteiger partial charge in [-0.3, -0.25) is 4.99 Å². The first-order valence-corrected chi connectivity index (χ1v) is 9.36. The molecule has 0 saturated heterocycles. The normalized spacial score (nSPS) is 13.4. The van der Waals surface area contributed by atoms with Crippen LogP contribution in [0.4, 0.5) is 4.39 Å². The number of aliphatic imine (C=N–C) groups is 1. The van der Waals surface area contributed by atoms with Crippen molar-refractivity contribution in [3.63, 3.8) is 0 Å². The lowest BCUT2D eigenvalue weighted by Crippen LogP contribution is -2.44. The fourth-order valence-corrected chi connectivity index (χ4v) is 2.37. The molecule has 1 aromatic rings. The SMILES string of the molecule is CCS(=O)(=O)NCCNC(=NC)NCC(C)Oc1ccccc1F. The maximum absolute atomic E-state index is 13.5. The largest absolute Gasteiger partial charge is 0.486 e. The van der Waals surface area contributed by atoms with Gasteiger partial charge in [-0.05, 0) is 26.0 Å². The highest BCUT2D eigenvalue weighted by Crippen LogP contribution is 2.16. The van der Waals surface area contributed by atoms with Crippen molar-refractivity contribution in [2.75, 3.05) is 32.4 Å². The molecule has 0 aromatic heterocycles. The fourth-order valence-electron chi connectivity index (χ4n) is 1.75. The Morgan fingerprint density at radius 1 is 1.29 bits per heavy atom. The lowest BCUT2D eigenvalue weighted by Gasteiger charge is -2.18. The van der Waals surface area contributed by atoms with Gasteiger partial charge < -0.3 is 15.4 Å². The number of nitrogens with zero attached hydrogens (tertiary/aromatic N) is 1. The van der Waals surface area contributed by atoms with Crippen LogP contribution in [0.2, 0.25) is 0 Å². The highest BCUT2D eigenvalue weighted by molar-refractivity contribution is 7.89. The van der Waals surface area contributed by atoms with E-state index in [1.807, 2.05) is 6.92 Å². The minimum atomic E-state index is -3.19. The summed E-state index contributed by atoms with van der Waals surface area (Å²) >= 11 is 0. The highest BCUT2D eigenvalue weighted by atomic mass is 32.2. The van der Waals surface area contributed by atoms with E-state index in [1.54, 1.807) is 32.2 Å². The molecule has 0 aliphatic heterocycles. The summed E-state index contributed by atoms with van der Waals surface area (Å²) in [5.74, 6) is 0.346. The first-order valence-electron chi connectivity index (χ1n) is 7.71. The molecule has 1 atom stereocenters. The van der Waals surface area contributed by atoms with Gasteiger partial charge in [0.1, 0.15) is 6.10 Å². The van der Waals surface area contributed by atoms with E-state index >= 15 is 0 Å². The van der Waals surface area contributed by atoms with Gasteiger partial charge in [0, 0.05) is 20.1 Å². The van der Waals surface area contributed by atoms with Gasteiger partial charge in [0.25, 0.3) is 0 Å². The van der Waals surface area contributed by atoms with E-state index in [0.717, 1.165) is 0 Å². The summed E-state index contributed by atoms with van der Waals surface area (Å²) in [5.41, 5.74) is 0.